The maximum Gasteiger partial charge on any atom is 0.303 e. The SMILES string of the molecule is CC.CC.CN(/[NH+]=C(\Cl)c1ccccc1)c1ccccc1. The van der Waals surface area contributed by atoms with Gasteiger partial charge in [0.2, 0.25) is 0 Å². The Kier molecular flexibility index (Phi) is 11.0. The predicted octanol–water partition coefficient (Wildman–Crippen LogP) is 3.86. The second-order valence-electron chi connectivity index (χ2n) is 3.69. The average molecular weight is 306 g/mol. The molecule has 2 nitrogen and oxygen atoms in total. The summed E-state index contributed by atoms with van der Waals surface area (Å²) in [5, 5.41) is 5.62. The molecule has 0 aromatic heterocycles. The summed E-state index contributed by atoms with van der Waals surface area (Å²) in [5.41, 5.74) is 2.03. The van der Waals surface area contributed by atoms with Crippen LogP contribution in [-0.2, 0) is 0 Å². The number of nitrogens with zero attached hydrogens (tertiary/aromatic N) is 1. The third kappa shape index (κ3) is 6.96. The van der Waals surface area contributed by atoms with E-state index >= 15 is 0 Å². The lowest BCUT2D eigenvalue weighted by atomic mass is 10.2. The highest BCUT2D eigenvalue weighted by Gasteiger charge is 2.08. The van der Waals surface area contributed by atoms with Gasteiger partial charge in [0.05, 0.1) is 18.3 Å². The van der Waals surface area contributed by atoms with Crippen molar-refractivity contribution in [1.82, 2.24) is 0 Å². The number of anilines is 1. The molecule has 0 aliphatic rings. The second-order valence-corrected chi connectivity index (χ2v) is 4.06. The monoisotopic (exact) mass is 305 g/mol. The van der Waals surface area contributed by atoms with Crippen LogP contribution in [-0.4, -0.2) is 12.2 Å². The Labute approximate surface area is 134 Å². The highest BCUT2D eigenvalue weighted by Crippen LogP contribution is 2.06. The summed E-state index contributed by atoms with van der Waals surface area (Å²) in [7, 11) is 1.93. The van der Waals surface area contributed by atoms with Crippen LogP contribution in [0.1, 0.15) is 33.3 Å². The number of nitrogens with one attached hydrogen (secondary N) is 1. The van der Waals surface area contributed by atoms with Gasteiger partial charge >= 0.3 is 5.17 Å². The minimum atomic E-state index is 0.608. The summed E-state index contributed by atoms with van der Waals surface area (Å²) in [5.74, 6) is 0. The number of hydrogen-bond donors (Lipinski definition) is 1. The van der Waals surface area contributed by atoms with Crippen molar-refractivity contribution in [1.29, 1.82) is 0 Å². The largest absolute Gasteiger partial charge is 0.303 e. The van der Waals surface area contributed by atoms with Crippen LogP contribution in [0.15, 0.2) is 60.7 Å². The number of hydrazine groups is 1. The summed E-state index contributed by atoms with van der Waals surface area (Å²) in [6.07, 6.45) is 0. The van der Waals surface area contributed by atoms with E-state index in [1.54, 1.807) is 0 Å². The molecule has 114 valence electrons. The lowest BCUT2D eigenvalue weighted by Gasteiger charge is -2.07. The molecule has 0 bridgehead atoms. The van der Waals surface area contributed by atoms with Crippen molar-refractivity contribution in [3.63, 3.8) is 0 Å². The van der Waals surface area contributed by atoms with Crippen LogP contribution in [0.2, 0.25) is 0 Å². The van der Waals surface area contributed by atoms with Gasteiger partial charge in [-0.05, 0) is 35.9 Å². The van der Waals surface area contributed by atoms with E-state index in [1.165, 1.54) is 0 Å². The van der Waals surface area contributed by atoms with Crippen molar-refractivity contribution in [2.75, 3.05) is 12.1 Å². The summed E-state index contributed by atoms with van der Waals surface area (Å²) in [6.45, 7) is 8.00. The molecule has 0 unspecified atom stereocenters. The van der Waals surface area contributed by atoms with Crippen molar-refractivity contribution in [2.45, 2.75) is 27.7 Å². The van der Waals surface area contributed by atoms with Gasteiger partial charge in [0.15, 0.2) is 0 Å². The Morgan fingerprint density at radius 2 is 1.24 bits per heavy atom. The number of hydrogen-bond acceptors (Lipinski definition) is 1. The Balaban J connectivity index is 0.000000921. The van der Waals surface area contributed by atoms with Crippen LogP contribution in [0.3, 0.4) is 0 Å². The number of hydrazone groups is 1. The first-order chi connectivity index (χ1) is 10.3. The molecule has 0 fully saturated rings. The van der Waals surface area contributed by atoms with E-state index in [9.17, 15) is 0 Å². The van der Waals surface area contributed by atoms with E-state index in [2.05, 4.69) is 5.10 Å². The van der Waals surface area contributed by atoms with Gasteiger partial charge in [-0.25, -0.2) is 0 Å². The zero-order chi connectivity index (χ0) is 16.1. The van der Waals surface area contributed by atoms with Crippen LogP contribution >= 0.6 is 11.6 Å². The second kappa shape index (κ2) is 12.0. The number of para-hydroxylation sites is 1. The molecule has 0 saturated heterocycles. The van der Waals surface area contributed by atoms with Crippen molar-refractivity contribution >= 4 is 22.5 Å². The topological polar surface area (TPSA) is 17.2 Å². The quantitative estimate of drug-likeness (QED) is 0.673. The lowest BCUT2D eigenvalue weighted by Crippen LogP contribution is -2.83. The lowest BCUT2D eigenvalue weighted by molar-refractivity contribution is -0.465. The molecule has 0 aliphatic heterocycles. The Bertz CT molecular complexity index is 495. The van der Waals surface area contributed by atoms with Crippen molar-refractivity contribution in [2.24, 2.45) is 0 Å². The first-order valence-corrected chi connectivity index (χ1v) is 7.78. The molecule has 1 N–H and O–H groups in total. The molecule has 0 atom stereocenters. The fourth-order valence-corrected chi connectivity index (χ4v) is 1.77. The fourth-order valence-electron chi connectivity index (χ4n) is 1.51. The van der Waals surface area contributed by atoms with E-state index < -0.39 is 0 Å². The number of rotatable bonds is 3. The molecule has 2 aromatic rings. The fraction of sp³-hybridized carbons (Fsp3) is 0.278. The molecule has 0 radical (unpaired) electrons. The summed E-state index contributed by atoms with van der Waals surface area (Å²) in [4.78, 5) is 0. The minimum absolute atomic E-state index is 0.608. The summed E-state index contributed by atoms with van der Waals surface area (Å²) in [6, 6.07) is 19.8. The zero-order valence-electron chi connectivity index (χ0n) is 13.6. The van der Waals surface area contributed by atoms with Gasteiger partial charge in [0, 0.05) is 0 Å². The molecule has 0 amide bonds. The van der Waals surface area contributed by atoms with E-state index in [4.69, 9.17) is 11.6 Å². The highest BCUT2D eigenvalue weighted by molar-refractivity contribution is 6.67. The van der Waals surface area contributed by atoms with Gasteiger partial charge in [-0.15, -0.1) is 5.10 Å². The first kappa shape index (κ1) is 19.2. The van der Waals surface area contributed by atoms with Gasteiger partial charge < -0.3 is 0 Å². The van der Waals surface area contributed by atoms with E-state index in [0.717, 1.165) is 11.3 Å². The third-order valence-corrected chi connectivity index (χ3v) is 2.74. The van der Waals surface area contributed by atoms with E-state index in [-0.39, 0.29) is 0 Å². The van der Waals surface area contributed by atoms with Gasteiger partial charge in [0.1, 0.15) is 0 Å². The molecular formula is C18H26ClN2+. The Hall–Kier alpha value is -1.80. The molecule has 0 heterocycles. The molecule has 2 aromatic carbocycles. The molecule has 0 aliphatic carbocycles. The minimum Gasteiger partial charge on any atom is -0.158 e. The van der Waals surface area contributed by atoms with E-state index in [1.807, 2.05) is 100 Å². The molecule has 0 spiro atoms. The highest BCUT2D eigenvalue weighted by atomic mass is 35.5. The van der Waals surface area contributed by atoms with Crippen molar-refractivity contribution in [3.05, 3.63) is 66.2 Å². The van der Waals surface area contributed by atoms with Gasteiger partial charge in [-0.3, -0.25) is 0 Å². The zero-order valence-corrected chi connectivity index (χ0v) is 14.4. The number of benzene rings is 2. The summed E-state index contributed by atoms with van der Waals surface area (Å²) >= 11 is 6.21. The van der Waals surface area contributed by atoms with Crippen LogP contribution in [0.5, 0.6) is 0 Å². The van der Waals surface area contributed by atoms with Crippen molar-refractivity contribution in [3.8, 4) is 0 Å². The molecule has 2 rings (SSSR count). The maximum absolute atomic E-state index is 6.21. The van der Waals surface area contributed by atoms with Crippen LogP contribution < -0.4 is 10.1 Å². The van der Waals surface area contributed by atoms with Crippen LogP contribution in [0, 0.1) is 0 Å². The Morgan fingerprint density at radius 1 is 0.810 bits per heavy atom. The van der Waals surface area contributed by atoms with Crippen molar-refractivity contribution < 1.29 is 5.10 Å². The van der Waals surface area contributed by atoms with Crippen LogP contribution in [0.4, 0.5) is 5.69 Å². The van der Waals surface area contributed by atoms with E-state index in [0.29, 0.717) is 5.17 Å². The Morgan fingerprint density at radius 3 is 1.71 bits per heavy atom. The molecule has 3 heteroatoms. The van der Waals surface area contributed by atoms with Gasteiger partial charge in [0.25, 0.3) is 0 Å². The normalized spacial score (nSPS) is 9.71. The maximum atomic E-state index is 6.21. The van der Waals surface area contributed by atoms with Gasteiger partial charge in [-0.1, -0.05) is 64.1 Å². The predicted molar refractivity (Wildman–Crippen MR) is 94.9 cm³/mol. The molecule has 0 saturated carbocycles. The average Bonchev–Trinajstić information content (AvgIpc) is 2.60. The standard InChI is InChI=1S/C14H13ClN2.2C2H6/c1-17(13-10-6-3-7-11-13)16-14(15)12-8-4-2-5-9-12;2*1-2/h2-11H,1H3;2*1-2H3/p+1/b16-14-;;. The smallest absolute Gasteiger partial charge is 0.158 e. The first-order valence-electron chi connectivity index (χ1n) is 7.40. The number of halogens is 1. The molecular weight excluding hydrogens is 280 g/mol. The molecule has 21 heavy (non-hydrogen) atoms. The van der Waals surface area contributed by atoms with Crippen LogP contribution in [0.25, 0.3) is 0 Å². The summed E-state index contributed by atoms with van der Waals surface area (Å²) < 4.78 is 0. The van der Waals surface area contributed by atoms with Gasteiger partial charge in [-0.2, -0.15) is 5.01 Å². The third-order valence-electron chi connectivity index (χ3n) is 2.44.